The van der Waals surface area contributed by atoms with Crippen LogP contribution in [0.5, 0.6) is 5.75 Å². The Morgan fingerprint density at radius 1 is 1.07 bits per heavy atom. The topological polar surface area (TPSA) is 75.7 Å². The standard InChI is InChI=1S/C20H26N2O4S/c1-4-19(16-9-7-6-8-10-16)21-20(23)15-22(27(3,24)25)17-11-13-18(14-12-17)26-5-2/h6-14,19H,4-5,15H2,1-3H3,(H,21,23)/t19-/m1/s1. The summed E-state index contributed by atoms with van der Waals surface area (Å²) < 4.78 is 30.9. The molecule has 0 aliphatic carbocycles. The molecule has 2 rings (SSSR count). The van der Waals surface area contributed by atoms with Gasteiger partial charge in [0.15, 0.2) is 0 Å². The number of nitrogens with one attached hydrogen (secondary N) is 1. The van der Waals surface area contributed by atoms with Gasteiger partial charge in [0, 0.05) is 0 Å². The van der Waals surface area contributed by atoms with E-state index in [1.54, 1.807) is 24.3 Å². The maximum Gasteiger partial charge on any atom is 0.241 e. The molecule has 27 heavy (non-hydrogen) atoms. The number of sulfonamides is 1. The Hall–Kier alpha value is -2.54. The third-order valence-corrected chi connectivity index (χ3v) is 5.21. The summed E-state index contributed by atoms with van der Waals surface area (Å²) in [6, 6.07) is 16.1. The first-order valence-electron chi connectivity index (χ1n) is 8.90. The predicted octanol–water partition coefficient (Wildman–Crippen LogP) is 3.12. The highest BCUT2D eigenvalue weighted by atomic mass is 32.2. The van der Waals surface area contributed by atoms with E-state index in [4.69, 9.17) is 4.74 Å². The molecule has 0 unspecified atom stereocenters. The molecule has 0 aliphatic rings. The molecule has 0 aliphatic heterocycles. The van der Waals surface area contributed by atoms with Crippen LogP contribution in [0.3, 0.4) is 0 Å². The molecule has 1 amide bonds. The summed E-state index contributed by atoms with van der Waals surface area (Å²) in [6.45, 7) is 4.09. The van der Waals surface area contributed by atoms with E-state index in [2.05, 4.69) is 5.32 Å². The van der Waals surface area contributed by atoms with Crippen LogP contribution in [0.2, 0.25) is 0 Å². The van der Waals surface area contributed by atoms with Crippen LogP contribution >= 0.6 is 0 Å². The zero-order valence-electron chi connectivity index (χ0n) is 15.9. The number of carbonyl (C=O) groups excluding carboxylic acids is 1. The molecule has 0 spiro atoms. The van der Waals surface area contributed by atoms with Crippen LogP contribution in [0.1, 0.15) is 31.9 Å². The minimum absolute atomic E-state index is 0.166. The zero-order valence-corrected chi connectivity index (χ0v) is 16.7. The fourth-order valence-electron chi connectivity index (χ4n) is 2.75. The van der Waals surface area contributed by atoms with Gasteiger partial charge in [-0.1, -0.05) is 37.3 Å². The monoisotopic (exact) mass is 390 g/mol. The van der Waals surface area contributed by atoms with Crippen molar-refractivity contribution in [1.29, 1.82) is 0 Å². The summed E-state index contributed by atoms with van der Waals surface area (Å²) in [5, 5.41) is 2.92. The second-order valence-corrected chi connectivity index (χ2v) is 8.04. The van der Waals surface area contributed by atoms with E-state index in [0.29, 0.717) is 24.5 Å². The highest BCUT2D eigenvalue weighted by Gasteiger charge is 2.22. The molecule has 0 fully saturated rings. The number of amides is 1. The lowest BCUT2D eigenvalue weighted by Crippen LogP contribution is -2.41. The van der Waals surface area contributed by atoms with Crippen molar-refractivity contribution in [2.45, 2.75) is 26.3 Å². The highest BCUT2D eigenvalue weighted by molar-refractivity contribution is 7.92. The first kappa shape index (κ1) is 20.8. The third kappa shape index (κ3) is 5.99. The van der Waals surface area contributed by atoms with Crippen molar-refractivity contribution in [3.63, 3.8) is 0 Å². The number of rotatable bonds is 9. The molecule has 6 nitrogen and oxygen atoms in total. The number of nitrogens with zero attached hydrogens (tertiary/aromatic N) is 1. The lowest BCUT2D eigenvalue weighted by molar-refractivity contribution is -0.120. The molecule has 2 aromatic carbocycles. The van der Waals surface area contributed by atoms with Crippen molar-refractivity contribution in [3.05, 3.63) is 60.2 Å². The number of hydrogen-bond donors (Lipinski definition) is 1. The lowest BCUT2D eigenvalue weighted by atomic mass is 10.0. The molecule has 2 aromatic rings. The fourth-order valence-corrected chi connectivity index (χ4v) is 3.61. The second kappa shape index (κ2) is 9.41. The van der Waals surface area contributed by atoms with Gasteiger partial charge in [0.1, 0.15) is 12.3 Å². The quantitative estimate of drug-likeness (QED) is 0.714. The molecule has 0 saturated heterocycles. The van der Waals surface area contributed by atoms with Crippen LogP contribution in [0.25, 0.3) is 0 Å². The number of hydrogen-bond acceptors (Lipinski definition) is 4. The molecule has 0 radical (unpaired) electrons. The molecule has 146 valence electrons. The van der Waals surface area contributed by atoms with E-state index in [9.17, 15) is 13.2 Å². The van der Waals surface area contributed by atoms with Crippen molar-refractivity contribution in [2.75, 3.05) is 23.7 Å². The summed E-state index contributed by atoms with van der Waals surface area (Å²) in [4.78, 5) is 12.5. The van der Waals surface area contributed by atoms with Gasteiger partial charge < -0.3 is 10.1 Å². The fraction of sp³-hybridized carbons (Fsp3) is 0.350. The van der Waals surface area contributed by atoms with Gasteiger partial charge in [-0.15, -0.1) is 0 Å². The van der Waals surface area contributed by atoms with E-state index in [1.165, 1.54) is 0 Å². The predicted molar refractivity (Wildman–Crippen MR) is 107 cm³/mol. The summed E-state index contributed by atoms with van der Waals surface area (Å²) in [5.74, 6) is 0.291. The number of ether oxygens (including phenoxy) is 1. The third-order valence-electron chi connectivity index (χ3n) is 4.07. The Bertz CT molecular complexity index is 836. The van der Waals surface area contributed by atoms with Crippen LogP contribution in [0.4, 0.5) is 5.69 Å². The lowest BCUT2D eigenvalue weighted by Gasteiger charge is -2.24. The van der Waals surface area contributed by atoms with Gasteiger partial charge in [-0.2, -0.15) is 0 Å². The average molecular weight is 391 g/mol. The van der Waals surface area contributed by atoms with Gasteiger partial charge in [0.05, 0.1) is 24.6 Å². The SMILES string of the molecule is CCOc1ccc(N(CC(=O)N[C@H](CC)c2ccccc2)S(C)(=O)=O)cc1. The maximum absolute atomic E-state index is 12.5. The Kier molecular flexibility index (Phi) is 7.24. The van der Waals surface area contributed by atoms with Gasteiger partial charge in [-0.3, -0.25) is 9.10 Å². The molecule has 1 atom stereocenters. The van der Waals surface area contributed by atoms with Crippen LogP contribution in [0.15, 0.2) is 54.6 Å². The summed E-state index contributed by atoms with van der Waals surface area (Å²) in [5.41, 5.74) is 1.41. The van der Waals surface area contributed by atoms with Crippen LogP contribution in [0, 0.1) is 0 Å². The van der Waals surface area contributed by atoms with Gasteiger partial charge in [0.25, 0.3) is 0 Å². The van der Waals surface area contributed by atoms with Gasteiger partial charge in [0.2, 0.25) is 15.9 Å². The maximum atomic E-state index is 12.5. The minimum atomic E-state index is -3.61. The van der Waals surface area contributed by atoms with E-state index >= 15 is 0 Å². The van der Waals surface area contributed by atoms with Crippen LogP contribution in [-0.4, -0.2) is 33.7 Å². The van der Waals surface area contributed by atoms with Crippen LogP contribution < -0.4 is 14.4 Å². The first-order valence-corrected chi connectivity index (χ1v) is 10.7. The van der Waals surface area contributed by atoms with Gasteiger partial charge in [-0.05, 0) is 43.2 Å². The Labute approximate surface area is 161 Å². The largest absolute Gasteiger partial charge is 0.494 e. The van der Waals surface area contributed by atoms with E-state index in [-0.39, 0.29) is 18.5 Å². The summed E-state index contributed by atoms with van der Waals surface area (Å²) >= 11 is 0. The number of benzene rings is 2. The first-order chi connectivity index (χ1) is 12.8. The molecule has 7 heteroatoms. The smallest absolute Gasteiger partial charge is 0.241 e. The molecule has 0 aromatic heterocycles. The molecular weight excluding hydrogens is 364 g/mol. The van der Waals surface area contributed by atoms with Crippen molar-refractivity contribution in [1.82, 2.24) is 5.32 Å². The normalized spacial score (nSPS) is 12.3. The van der Waals surface area contributed by atoms with E-state index < -0.39 is 10.0 Å². The molecule has 1 N–H and O–H groups in total. The number of carbonyl (C=O) groups is 1. The second-order valence-electron chi connectivity index (χ2n) is 6.14. The minimum Gasteiger partial charge on any atom is -0.494 e. The summed E-state index contributed by atoms with van der Waals surface area (Å²) in [7, 11) is -3.61. The van der Waals surface area contributed by atoms with Crippen molar-refractivity contribution in [3.8, 4) is 5.75 Å². The Morgan fingerprint density at radius 3 is 2.22 bits per heavy atom. The van der Waals surface area contributed by atoms with E-state index in [1.807, 2.05) is 44.2 Å². The zero-order chi connectivity index (χ0) is 19.9. The summed E-state index contributed by atoms with van der Waals surface area (Å²) in [6.07, 6.45) is 1.79. The van der Waals surface area contributed by atoms with Crippen molar-refractivity contribution >= 4 is 21.6 Å². The molecule has 0 saturated carbocycles. The van der Waals surface area contributed by atoms with Gasteiger partial charge >= 0.3 is 0 Å². The molecule has 0 heterocycles. The Balaban J connectivity index is 2.14. The average Bonchev–Trinajstić information content (AvgIpc) is 2.65. The highest BCUT2D eigenvalue weighted by Crippen LogP contribution is 2.22. The number of anilines is 1. The molecular formula is C20H26N2O4S. The van der Waals surface area contributed by atoms with E-state index in [0.717, 1.165) is 16.1 Å². The van der Waals surface area contributed by atoms with Crippen molar-refractivity contribution < 1.29 is 17.9 Å². The van der Waals surface area contributed by atoms with Crippen molar-refractivity contribution in [2.24, 2.45) is 0 Å². The van der Waals surface area contributed by atoms with Crippen LogP contribution in [-0.2, 0) is 14.8 Å². The Morgan fingerprint density at radius 2 is 1.70 bits per heavy atom. The van der Waals surface area contributed by atoms with Gasteiger partial charge in [-0.25, -0.2) is 8.42 Å². The molecule has 0 bridgehead atoms.